The van der Waals surface area contributed by atoms with Crippen molar-refractivity contribution in [3.63, 3.8) is 0 Å². The van der Waals surface area contributed by atoms with Crippen LogP contribution in [0.4, 0.5) is 0 Å². The summed E-state index contributed by atoms with van der Waals surface area (Å²) in [5, 5.41) is 25.1. The van der Waals surface area contributed by atoms with Gasteiger partial charge >= 0.3 is 7.12 Å². The largest absolute Gasteiger partial charge is 0.475 e. The van der Waals surface area contributed by atoms with Gasteiger partial charge in [0.1, 0.15) is 0 Å². The van der Waals surface area contributed by atoms with Gasteiger partial charge in [-0.1, -0.05) is 18.2 Å². The van der Waals surface area contributed by atoms with Crippen molar-refractivity contribution < 1.29 is 19.6 Å². The Labute approximate surface area is 160 Å². The molecule has 1 heterocycles. The Kier molecular flexibility index (Phi) is 6.87. The van der Waals surface area contributed by atoms with Gasteiger partial charge in [-0.25, -0.2) is 0 Å². The number of likely N-dealkylation sites (tertiary alicyclic amines) is 1. The van der Waals surface area contributed by atoms with Crippen LogP contribution in [0.25, 0.3) is 0 Å². The Bertz CT molecular complexity index is 635. The molecule has 0 bridgehead atoms. The molecule has 27 heavy (non-hydrogen) atoms. The summed E-state index contributed by atoms with van der Waals surface area (Å²) in [7, 11) is -1.47. The van der Waals surface area contributed by atoms with Gasteiger partial charge < -0.3 is 25.6 Å². The van der Waals surface area contributed by atoms with Crippen molar-refractivity contribution in [2.24, 2.45) is 0 Å². The Morgan fingerprint density at radius 3 is 2.37 bits per heavy atom. The fourth-order valence-electron chi connectivity index (χ4n) is 4.05. The second kappa shape index (κ2) is 9.35. The molecule has 0 aromatic heterocycles. The number of carbonyl (C=O) groups is 2. The van der Waals surface area contributed by atoms with Crippen LogP contribution in [0.3, 0.4) is 0 Å². The van der Waals surface area contributed by atoms with Crippen LogP contribution in [-0.2, 0) is 4.79 Å². The summed E-state index contributed by atoms with van der Waals surface area (Å²) in [4.78, 5) is 26.2. The van der Waals surface area contributed by atoms with Crippen LogP contribution in [0.1, 0.15) is 48.9 Å². The molecule has 1 aromatic rings. The topological polar surface area (TPSA) is 102 Å². The lowest BCUT2D eigenvalue weighted by molar-refractivity contribution is -0.130. The molecule has 1 saturated heterocycles. The molecule has 2 fully saturated rings. The number of hydrogen-bond acceptors (Lipinski definition) is 5. The van der Waals surface area contributed by atoms with Gasteiger partial charge in [-0.2, -0.15) is 0 Å². The first-order valence-electron chi connectivity index (χ1n) is 9.79. The van der Waals surface area contributed by atoms with Crippen molar-refractivity contribution in [2.45, 2.75) is 56.5 Å². The molecule has 4 N–H and O–H groups in total. The lowest BCUT2D eigenvalue weighted by Crippen LogP contribution is -2.50. The quantitative estimate of drug-likeness (QED) is 0.538. The first-order valence-corrected chi connectivity index (χ1v) is 9.79. The Morgan fingerprint density at radius 1 is 1.04 bits per heavy atom. The maximum absolute atomic E-state index is 12.4. The summed E-state index contributed by atoms with van der Waals surface area (Å²) >= 11 is 0. The molecule has 1 aromatic carbocycles. The molecular weight excluding hydrogens is 345 g/mol. The monoisotopic (exact) mass is 373 g/mol. The van der Waals surface area contributed by atoms with Gasteiger partial charge in [0.2, 0.25) is 5.91 Å². The van der Waals surface area contributed by atoms with Gasteiger partial charge in [0.25, 0.3) is 5.91 Å². The SMILES string of the molecule is O=C(NC1CCC(NCC(=O)N2CCC[C@H]2B(O)O)CC1)c1ccccc1. The fourth-order valence-corrected chi connectivity index (χ4v) is 4.05. The molecular formula is C19H28BN3O4. The Morgan fingerprint density at radius 2 is 1.70 bits per heavy atom. The molecule has 0 spiro atoms. The van der Waals surface area contributed by atoms with E-state index in [1.165, 1.54) is 0 Å². The smallest absolute Gasteiger partial charge is 0.426 e. The number of nitrogens with one attached hydrogen (secondary N) is 2. The molecule has 8 heteroatoms. The molecule has 3 rings (SSSR count). The average Bonchev–Trinajstić information content (AvgIpc) is 3.18. The van der Waals surface area contributed by atoms with Crippen molar-refractivity contribution in [2.75, 3.05) is 13.1 Å². The van der Waals surface area contributed by atoms with Crippen molar-refractivity contribution in [1.82, 2.24) is 15.5 Å². The minimum atomic E-state index is -1.47. The molecule has 0 radical (unpaired) electrons. The average molecular weight is 373 g/mol. The molecule has 0 unspecified atom stereocenters. The van der Waals surface area contributed by atoms with Gasteiger partial charge in [0.05, 0.1) is 12.5 Å². The number of nitrogens with zero attached hydrogens (tertiary/aromatic N) is 1. The van der Waals surface area contributed by atoms with E-state index in [1.807, 2.05) is 30.3 Å². The van der Waals surface area contributed by atoms with Gasteiger partial charge in [0, 0.05) is 24.2 Å². The van der Waals surface area contributed by atoms with Gasteiger partial charge in [-0.15, -0.1) is 0 Å². The van der Waals surface area contributed by atoms with Crippen LogP contribution in [0.5, 0.6) is 0 Å². The van der Waals surface area contributed by atoms with E-state index in [1.54, 1.807) is 4.90 Å². The van der Waals surface area contributed by atoms with E-state index in [2.05, 4.69) is 10.6 Å². The van der Waals surface area contributed by atoms with Crippen molar-refractivity contribution in [1.29, 1.82) is 0 Å². The Hall–Kier alpha value is -1.90. The van der Waals surface area contributed by atoms with Gasteiger partial charge in [-0.3, -0.25) is 9.59 Å². The maximum atomic E-state index is 12.4. The van der Waals surface area contributed by atoms with Crippen LogP contribution in [0.15, 0.2) is 30.3 Å². The van der Waals surface area contributed by atoms with Gasteiger partial charge in [0.15, 0.2) is 0 Å². The predicted octanol–water partition coefficient (Wildman–Crippen LogP) is 0.320. The van der Waals surface area contributed by atoms with E-state index in [-0.39, 0.29) is 30.4 Å². The van der Waals surface area contributed by atoms with Crippen molar-refractivity contribution in [3.8, 4) is 0 Å². The van der Waals surface area contributed by atoms with E-state index in [4.69, 9.17) is 0 Å². The third kappa shape index (κ3) is 5.31. The van der Waals surface area contributed by atoms with Crippen LogP contribution < -0.4 is 10.6 Å². The zero-order chi connectivity index (χ0) is 19.2. The third-order valence-electron chi connectivity index (χ3n) is 5.60. The molecule has 1 saturated carbocycles. The number of rotatable bonds is 6. The summed E-state index contributed by atoms with van der Waals surface area (Å²) in [6, 6.07) is 9.63. The third-order valence-corrected chi connectivity index (χ3v) is 5.60. The summed E-state index contributed by atoms with van der Waals surface area (Å²) < 4.78 is 0. The second-order valence-electron chi connectivity index (χ2n) is 7.48. The summed E-state index contributed by atoms with van der Waals surface area (Å²) in [6.45, 7) is 0.802. The molecule has 146 valence electrons. The molecule has 7 nitrogen and oxygen atoms in total. The number of carbonyl (C=O) groups excluding carboxylic acids is 2. The molecule has 2 aliphatic rings. The van der Waals surface area contributed by atoms with Crippen LogP contribution in [-0.4, -0.2) is 65.0 Å². The molecule has 1 aliphatic carbocycles. The number of amides is 2. The zero-order valence-corrected chi connectivity index (χ0v) is 15.5. The normalized spacial score (nSPS) is 25.3. The zero-order valence-electron chi connectivity index (χ0n) is 15.5. The second-order valence-corrected chi connectivity index (χ2v) is 7.48. The van der Waals surface area contributed by atoms with E-state index in [9.17, 15) is 19.6 Å². The molecule has 2 amide bonds. The standard InChI is InChI=1S/C19H28BN3O4/c24-18(23-12-4-7-17(23)20(26)27)13-21-15-8-10-16(11-9-15)22-19(25)14-5-2-1-3-6-14/h1-3,5-6,15-17,21,26-27H,4,7-13H2,(H,22,25)/t15?,16?,17-/m0/s1. The number of hydrogen-bond donors (Lipinski definition) is 4. The first kappa shape index (κ1) is 19.9. The van der Waals surface area contributed by atoms with Gasteiger partial charge in [-0.05, 0) is 50.7 Å². The lowest BCUT2D eigenvalue weighted by atomic mass is 9.78. The highest BCUT2D eigenvalue weighted by atomic mass is 16.4. The van der Waals surface area contributed by atoms with Crippen LogP contribution >= 0.6 is 0 Å². The van der Waals surface area contributed by atoms with Crippen LogP contribution in [0.2, 0.25) is 0 Å². The first-order chi connectivity index (χ1) is 13.0. The minimum absolute atomic E-state index is 0.0372. The summed E-state index contributed by atoms with van der Waals surface area (Å²) in [5.74, 6) is -0.599. The number of benzene rings is 1. The highest BCUT2D eigenvalue weighted by Gasteiger charge is 2.36. The van der Waals surface area contributed by atoms with E-state index in [0.717, 1.165) is 32.1 Å². The minimum Gasteiger partial charge on any atom is -0.426 e. The van der Waals surface area contributed by atoms with E-state index in [0.29, 0.717) is 18.5 Å². The van der Waals surface area contributed by atoms with Crippen molar-refractivity contribution >= 4 is 18.9 Å². The lowest BCUT2D eigenvalue weighted by Gasteiger charge is -2.31. The van der Waals surface area contributed by atoms with E-state index < -0.39 is 13.1 Å². The van der Waals surface area contributed by atoms with Crippen LogP contribution in [0, 0.1) is 0 Å². The van der Waals surface area contributed by atoms with E-state index >= 15 is 0 Å². The predicted molar refractivity (Wildman–Crippen MR) is 103 cm³/mol. The maximum Gasteiger partial charge on any atom is 0.475 e. The summed E-state index contributed by atoms with van der Waals surface area (Å²) in [5.41, 5.74) is 0.676. The highest BCUT2D eigenvalue weighted by Crippen LogP contribution is 2.20. The highest BCUT2D eigenvalue weighted by molar-refractivity contribution is 6.43. The van der Waals surface area contributed by atoms with Crippen molar-refractivity contribution in [3.05, 3.63) is 35.9 Å². The molecule has 1 atom stereocenters. The fraction of sp³-hybridized carbons (Fsp3) is 0.579. The molecule has 1 aliphatic heterocycles. The summed E-state index contributed by atoms with van der Waals surface area (Å²) in [6.07, 6.45) is 5.01. The Balaban J connectivity index is 1.38.